The van der Waals surface area contributed by atoms with Crippen LogP contribution in [0.15, 0.2) is 12.1 Å². The highest BCUT2D eigenvalue weighted by atomic mass is 19.1. The molecule has 0 saturated heterocycles. The summed E-state index contributed by atoms with van der Waals surface area (Å²) in [5.41, 5.74) is 0.425. The predicted molar refractivity (Wildman–Crippen MR) is 56.2 cm³/mol. The van der Waals surface area contributed by atoms with E-state index in [1.165, 1.54) is 19.2 Å². The fourth-order valence-corrected chi connectivity index (χ4v) is 1.35. The molecule has 15 heavy (non-hydrogen) atoms. The third-order valence-electron chi connectivity index (χ3n) is 2.87. The van der Waals surface area contributed by atoms with Gasteiger partial charge in [-0.1, -0.05) is 20.8 Å². The predicted octanol–water partition coefficient (Wildman–Crippen LogP) is 3.66. The van der Waals surface area contributed by atoms with Crippen molar-refractivity contribution < 1.29 is 13.5 Å². The minimum atomic E-state index is -0.644. The fraction of sp³-hybridized carbons (Fsp3) is 0.500. The van der Waals surface area contributed by atoms with E-state index in [0.717, 1.165) is 6.42 Å². The topological polar surface area (TPSA) is 9.23 Å². The Bertz CT molecular complexity index is 336. The lowest BCUT2D eigenvalue weighted by molar-refractivity contribution is 0.357. The van der Waals surface area contributed by atoms with E-state index in [9.17, 15) is 8.78 Å². The van der Waals surface area contributed by atoms with Crippen LogP contribution in [0.3, 0.4) is 0 Å². The molecule has 0 unspecified atom stereocenters. The van der Waals surface area contributed by atoms with Crippen molar-refractivity contribution in [1.82, 2.24) is 0 Å². The first-order chi connectivity index (χ1) is 6.92. The Morgan fingerprint density at radius 2 is 1.67 bits per heavy atom. The van der Waals surface area contributed by atoms with Crippen molar-refractivity contribution in [2.45, 2.75) is 32.6 Å². The first-order valence-corrected chi connectivity index (χ1v) is 4.96. The van der Waals surface area contributed by atoms with Crippen molar-refractivity contribution in [3.05, 3.63) is 29.3 Å². The first kappa shape index (κ1) is 12.0. The van der Waals surface area contributed by atoms with Crippen LogP contribution >= 0.6 is 0 Å². The Morgan fingerprint density at radius 1 is 1.20 bits per heavy atom. The van der Waals surface area contributed by atoms with Gasteiger partial charge in [-0.3, -0.25) is 0 Å². The van der Waals surface area contributed by atoms with Crippen LogP contribution in [0.5, 0.6) is 5.75 Å². The number of hydrogen-bond acceptors (Lipinski definition) is 1. The summed E-state index contributed by atoms with van der Waals surface area (Å²) in [6, 6.07) is 2.68. The van der Waals surface area contributed by atoms with Crippen molar-refractivity contribution in [3.8, 4) is 5.75 Å². The molecule has 0 heterocycles. The van der Waals surface area contributed by atoms with Gasteiger partial charge in [-0.15, -0.1) is 0 Å². The second kappa shape index (κ2) is 4.17. The first-order valence-electron chi connectivity index (χ1n) is 4.96. The minimum Gasteiger partial charge on any atom is -0.491 e. The van der Waals surface area contributed by atoms with Crippen LogP contribution in [0.4, 0.5) is 8.78 Å². The summed E-state index contributed by atoms with van der Waals surface area (Å²) in [5, 5.41) is 0. The van der Waals surface area contributed by atoms with Gasteiger partial charge in [0.25, 0.3) is 0 Å². The monoisotopic (exact) mass is 214 g/mol. The molecule has 0 saturated carbocycles. The van der Waals surface area contributed by atoms with E-state index in [1.807, 2.05) is 20.8 Å². The summed E-state index contributed by atoms with van der Waals surface area (Å²) in [6.45, 7) is 5.89. The molecule has 1 aromatic rings. The van der Waals surface area contributed by atoms with E-state index in [1.54, 1.807) is 0 Å². The molecule has 0 radical (unpaired) electrons. The summed E-state index contributed by atoms with van der Waals surface area (Å²) in [7, 11) is 1.26. The summed E-state index contributed by atoms with van der Waals surface area (Å²) >= 11 is 0. The molecule has 0 aromatic heterocycles. The number of methoxy groups -OCH3 is 1. The Kier molecular flexibility index (Phi) is 3.32. The maximum absolute atomic E-state index is 13.4. The molecule has 0 aliphatic carbocycles. The largest absolute Gasteiger partial charge is 0.491 e. The van der Waals surface area contributed by atoms with E-state index >= 15 is 0 Å². The molecule has 0 aliphatic rings. The van der Waals surface area contributed by atoms with Crippen LogP contribution in [-0.2, 0) is 5.41 Å². The van der Waals surface area contributed by atoms with E-state index < -0.39 is 11.6 Å². The number of rotatable bonds is 3. The Labute approximate surface area is 89.1 Å². The lowest BCUT2D eigenvalue weighted by Gasteiger charge is -2.23. The highest BCUT2D eigenvalue weighted by Crippen LogP contribution is 2.31. The average molecular weight is 214 g/mol. The highest BCUT2D eigenvalue weighted by molar-refractivity contribution is 5.34. The van der Waals surface area contributed by atoms with Crippen LogP contribution < -0.4 is 4.74 Å². The van der Waals surface area contributed by atoms with Gasteiger partial charge in [-0.25, -0.2) is 8.78 Å². The van der Waals surface area contributed by atoms with Gasteiger partial charge in [-0.2, -0.15) is 0 Å². The maximum atomic E-state index is 13.4. The van der Waals surface area contributed by atoms with Gasteiger partial charge in [0.05, 0.1) is 7.11 Å². The molecule has 1 rings (SSSR count). The molecule has 0 N–H and O–H groups in total. The quantitative estimate of drug-likeness (QED) is 0.746. The van der Waals surface area contributed by atoms with Crippen molar-refractivity contribution >= 4 is 0 Å². The van der Waals surface area contributed by atoms with Crippen LogP contribution in [0, 0.1) is 11.6 Å². The van der Waals surface area contributed by atoms with Crippen LogP contribution in [-0.4, -0.2) is 7.11 Å². The fourth-order valence-electron chi connectivity index (χ4n) is 1.35. The molecule has 1 nitrogen and oxygen atoms in total. The zero-order chi connectivity index (χ0) is 11.6. The van der Waals surface area contributed by atoms with Crippen molar-refractivity contribution in [2.75, 3.05) is 7.11 Å². The van der Waals surface area contributed by atoms with Gasteiger partial charge in [0.15, 0.2) is 17.4 Å². The highest BCUT2D eigenvalue weighted by Gasteiger charge is 2.22. The number of hydrogen-bond donors (Lipinski definition) is 0. The summed E-state index contributed by atoms with van der Waals surface area (Å²) in [4.78, 5) is 0. The van der Waals surface area contributed by atoms with Gasteiger partial charge in [0, 0.05) is 0 Å². The molecular weight excluding hydrogens is 198 g/mol. The lowest BCUT2D eigenvalue weighted by Crippen LogP contribution is -2.16. The molecular formula is C12H16F2O. The Morgan fingerprint density at radius 3 is 2.00 bits per heavy atom. The number of benzene rings is 1. The summed E-state index contributed by atoms with van der Waals surface area (Å²) < 4.78 is 31.5. The summed E-state index contributed by atoms with van der Waals surface area (Å²) in [6.07, 6.45) is 0.818. The SMILES string of the molecule is CCC(C)(C)c1cc(F)c(OC)c(F)c1. The van der Waals surface area contributed by atoms with Crippen molar-refractivity contribution in [3.63, 3.8) is 0 Å². The third kappa shape index (κ3) is 2.28. The Hall–Kier alpha value is -1.12. The van der Waals surface area contributed by atoms with E-state index in [0.29, 0.717) is 5.56 Å². The van der Waals surface area contributed by atoms with Gasteiger partial charge < -0.3 is 4.74 Å². The molecule has 0 amide bonds. The van der Waals surface area contributed by atoms with Crippen LogP contribution in [0.1, 0.15) is 32.8 Å². The number of halogens is 2. The van der Waals surface area contributed by atoms with Gasteiger partial charge in [0.2, 0.25) is 0 Å². The molecule has 3 heteroatoms. The molecule has 1 aromatic carbocycles. The molecule has 0 atom stereocenters. The second-order valence-electron chi connectivity index (χ2n) is 4.21. The molecule has 0 bridgehead atoms. The van der Waals surface area contributed by atoms with Crippen LogP contribution in [0.2, 0.25) is 0 Å². The minimum absolute atomic E-state index is 0.228. The average Bonchev–Trinajstić information content (AvgIpc) is 2.17. The zero-order valence-electron chi connectivity index (χ0n) is 9.53. The molecule has 0 aliphatic heterocycles. The zero-order valence-corrected chi connectivity index (χ0v) is 9.53. The molecule has 0 spiro atoms. The second-order valence-corrected chi connectivity index (χ2v) is 4.21. The molecule has 84 valence electrons. The maximum Gasteiger partial charge on any atom is 0.190 e. The Balaban J connectivity index is 3.26. The standard InChI is InChI=1S/C12H16F2O/c1-5-12(2,3)8-6-9(13)11(15-4)10(14)7-8/h6-7H,5H2,1-4H3. The van der Waals surface area contributed by atoms with E-state index in [4.69, 9.17) is 0 Å². The number of ether oxygens (including phenoxy) is 1. The van der Waals surface area contributed by atoms with E-state index in [2.05, 4.69) is 4.74 Å². The lowest BCUT2D eigenvalue weighted by atomic mass is 9.82. The smallest absolute Gasteiger partial charge is 0.190 e. The third-order valence-corrected chi connectivity index (χ3v) is 2.87. The molecule has 0 fully saturated rings. The van der Waals surface area contributed by atoms with E-state index in [-0.39, 0.29) is 11.2 Å². The van der Waals surface area contributed by atoms with Gasteiger partial charge in [0.1, 0.15) is 0 Å². The summed E-state index contributed by atoms with van der Waals surface area (Å²) in [5.74, 6) is -1.60. The van der Waals surface area contributed by atoms with Gasteiger partial charge >= 0.3 is 0 Å². The van der Waals surface area contributed by atoms with Crippen molar-refractivity contribution in [1.29, 1.82) is 0 Å². The van der Waals surface area contributed by atoms with Crippen LogP contribution in [0.25, 0.3) is 0 Å². The normalized spacial score (nSPS) is 11.6. The van der Waals surface area contributed by atoms with Gasteiger partial charge in [-0.05, 0) is 29.5 Å². The van der Waals surface area contributed by atoms with Crippen molar-refractivity contribution in [2.24, 2.45) is 0 Å².